The van der Waals surface area contributed by atoms with E-state index in [1.165, 1.54) is 6.07 Å². The van der Waals surface area contributed by atoms with Gasteiger partial charge in [-0.25, -0.2) is 9.69 Å². The number of nitrogens with one attached hydrogen (secondary N) is 1. The van der Waals surface area contributed by atoms with Crippen LogP contribution in [0.2, 0.25) is 0 Å². The van der Waals surface area contributed by atoms with E-state index >= 15 is 4.79 Å². The Morgan fingerprint density at radius 2 is 1.42 bits per heavy atom. The van der Waals surface area contributed by atoms with Gasteiger partial charge in [-0.3, -0.25) is 28.9 Å². The number of carbonyl (C=O) groups excluding carboxylic acids is 6. The van der Waals surface area contributed by atoms with Gasteiger partial charge >= 0.3 is 23.9 Å². The molecule has 3 heterocycles. The third-order valence-electron chi connectivity index (χ3n) is 12.7. The fraction of sp³-hybridized carbons (Fsp3) is 0.269. The monoisotopic (exact) mass is 904 g/mol. The Morgan fingerprint density at radius 1 is 0.806 bits per heavy atom. The van der Waals surface area contributed by atoms with Gasteiger partial charge in [-0.05, 0) is 65.1 Å². The third-order valence-corrected chi connectivity index (χ3v) is 12.7. The number of imide groups is 1. The van der Waals surface area contributed by atoms with E-state index in [9.17, 15) is 29.1 Å². The number of morpholine rings is 1. The van der Waals surface area contributed by atoms with Crippen molar-refractivity contribution in [2.24, 2.45) is 17.6 Å². The SMILES string of the molecule is COC(=O)C(CC#Cc1ccc2c(c1)[C@]1(C(=O)N2C(=O)N[C@H](C)c2ccccc2)[C@H](c2ccc(OCCO)cc2)N2[C@H](c3ccccc3)[C@H](c3ccccc3)OC(=O)[C@H]2[C@@H]1C(N)=O)C(=O)OC. The molecule has 8 rings (SSSR count). The standard InChI is InChI=1S/C52H48N4O11/c1-31(33-15-7-4-8-16-33)54-51(63)55-40-27-22-32(14-13-21-38(47(59)64-2)48(60)65-3)30-39(40)52(50(55)62)41(46(53)58)43-49(61)67-44(35-19-11-6-12-20-35)42(34-17-9-5-10-18-34)56(43)45(52)36-23-25-37(26-24-36)66-29-28-57/h4-12,15-20,22-27,30-31,38,41-45,57H,21,28-29H2,1-3H3,(H2,53,58)(H,54,63)/t31-,41-,42-,43-,44+,45+,52-/m1/s1. The maximum Gasteiger partial charge on any atom is 0.329 e. The lowest BCUT2D eigenvalue weighted by Gasteiger charge is -2.46. The highest BCUT2D eigenvalue weighted by Gasteiger charge is 2.75. The number of rotatable bonds is 12. The van der Waals surface area contributed by atoms with E-state index in [0.717, 1.165) is 24.7 Å². The molecule has 4 N–H and O–H groups in total. The summed E-state index contributed by atoms with van der Waals surface area (Å²) < 4.78 is 21.8. The van der Waals surface area contributed by atoms with E-state index in [-0.39, 0.29) is 36.4 Å². The number of hydrogen-bond acceptors (Lipinski definition) is 12. The molecule has 0 aliphatic carbocycles. The smallest absolute Gasteiger partial charge is 0.329 e. The zero-order valence-corrected chi connectivity index (χ0v) is 36.9. The predicted octanol–water partition coefficient (Wildman–Crippen LogP) is 5.38. The summed E-state index contributed by atoms with van der Waals surface area (Å²) >= 11 is 0. The molecule has 15 heteroatoms. The van der Waals surface area contributed by atoms with Gasteiger partial charge in [-0.2, -0.15) is 0 Å². The molecule has 0 unspecified atom stereocenters. The van der Waals surface area contributed by atoms with Crippen molar-refractivity contribution in [1.29, 1.82) is 0 Å². The highest BCUT2D eigenvalue weighted by Crippen LogP contribution is 2.65. The molecule has 3 aliphatic rings. The van der Waals surface area contributed by atoms with Crippen LogP contribution in [0, 0.1) is 23.7 Å². The number of esters is 3. The molecule has 4 amide bonds. The zero-order valence-electron chi connectivity index (χ0n) is 36.9. The van der Waals surface area contributed by atoms with Gasteiger partial charge in [0.25, 0.3) is 0 Å². The quantitative estimate of drug-likeness (QED) is 0.0625. The molecule has 0 saturated carbocycles. The maximum atomic E-state index is 16.2. The number of benzene rings is 5. The summed E-state index contributed by atoms with van der Waals surface area (Å²) in [6.07, 6.45) is -1.24. The second-order valence-electron chi connectivity index (χ2n) is 16.4. The normalized spacial score (nSPS) is 22.2. The van der Waals surface area contributed by atoms with Crippen LogP contribution in [0.3, 0.4) is 0 Å². The lowest BCUT2D eigenvalue weighted by atomic mass is 9.65. The van der Waals surface area contributed by atoms with Gasteiger partial charge in [0, 0.05) is 12.0 Å². The van der Waals surface area contributed by atoms with Crippen LogP contribution in [0.4, 0.5) is 10.5 Å². The van der Waals surface area contributed by atoms with Crippen LogP contribution < -0.4 is 20.7 Å². The highest BCUT2D eigenvalue weighted by atomic mass is 16.6. The van der Waals surface area contributed by atoms with Crippen molar-refractivity contribution in [2.45, 2.75) is 49.0 Å². The molecule has 5 aromatic rings. The summed E-state index contributed by atoms with van der Waals surface area (Å²) in [4.78, 5) is 88.5. The summed E-state index contributed by atoms with van der Waals surface area (Å²) in [5, 5.41) is 12.5. The first-order chi connectivity index (χ1) is 32.5. The molecular weight excluding hydrogens is 857 g/mol. The van der Waals surface area contributed by atoms with Gasteiger partial charge < -0.3 is 35.1 Å². The van der Waals surface area contributed by atoms with Crippen LogP contribution in [0.5, 0.6) is 5.75 Å². The molecule has 342 valence electrons. The molecule has 15 nitrogen and oxygen atoms in total. The first-order valence-electron chi connectivity index (χ1n) is 21.7. The van der Waals surface area contributed by atoms with E-state index in [1.54, 1.807) is 43.3 Å². The molecule has 0 radical (unpaired) electrons. The number of fused-ring (bicyclic) bond motifs is 3. The molecule has 2 saturated heterocycles. The number of anilines is 1. The minimum absolute atomic E-state index is 0.00644. The van der Waals surface area contributed by atoms with Crippen molar-refractivity contribution >= 4 is 41.4 Å². The number of hydrogen-bond donors (Lipinski definition) is 3. The lowest BCUT2D eigenvalue weighted by Crippen LogP contribution is -2.55. The van der Waals surface area contributed by atoms with E-state index in [4.69, 9.17) is 24.7 Å². The van der Waals surface area contributed by atoms with Crippen LogP contribution >= 0.6 is 0 Å². The maximum absolute atomic E-state index is 16.2. The molecular formula is C52H48N4O11. The number of carbonyl (C=O) groups is 6. The number of aliphatic hydroxyl groups is 1. The molecule has 2 fully saturated rings. The van der Waals surface area contributed by atoms with E-state index in [2.05, 4.69) is 17.2 Å². The van der Waals surface area contributed by atoms with Crippen LogP contribution in [-0.2, 0) is 43.6 Å². The average Bonchev–Trinajstić information content (AvgIpc) is 3.81. The second kappa shape index (κ2) is 19.4. The highest BCUT2D eigenvalue weighted by molar-refractivity contribution is 6.24. The van der Waals surface area contributed by atoms with Crippen molar-refractivity contribution in [3.63, 3.8) is 0 Å². The Hall–Kier alpha value is -7.80. The van der Waals surface area contributed by atoms with Crippen molar-refractivity contribution < 1.29 is 52.8 Å². The van der Waals surface area contributed by atoms with Gasteiger partial charge in [-0.15, -0.1) is 0 Å². The Labute approximate surface area is 386 Å². The summed E-state index contributed by atoms with van der Waals surface area (Å²) in [5.41, 5.74) is 7.50. The third kappa shape index (κ3) is 8.26. The van der Waals surface area contributed by atoms with Crippen LogP contribution in [0.1, 0.15) is 71.0 Å². The second-order valence-corrected chi connectivity index (χ2v) is 16.4. The van der Waals surface area contributed by atoms with Crippen molar-refractivity contribution in [1.82, 2.24) is 10.2 Å². The predicted molar refractivity (Wildman–Crippen MR) is 243 cm³/mol. The first-order valence-corrected chi connectivity index (χ1v) is 21.7. The molecule has 0 bridgehead atoms. The fourth-order valence-corrected chi connectivity index (χ4v) is 9.80. The number of methoxy groups -OCH3 is 2. The molecule has 7 atom stereocenters. The largest absolute Gasteiger partial charge is 0.491 e. The van der Waals surface area contributed by atoms with Crippen LogP contribution in [0.25, 0.3) is 0 Å². The van der Waals surface area contributed by atoms with Gasteiger partial charge in [0.15, 0.2) is 5.92 Å². The molecule has 67 heavy (non-hydrogen) atoms. The van der Waals surface area contributed by atoms with E-state index in [1.807, 2.05) is 95.9 Å². The van der Waals surface area contributed by atoms with E-state index < -0.39 is 83.3 Å². The molecule has 0 aromatic heterocycles. The number of urea groups is 1. The number of nitrogens with two attached hydrogens (primary N) is 1. The topological polar surface area (TPSA) is 204 Å². The Bertz CT molecular complexity index is 2730. The Balaban J connectivity index is 1.39. The summed E-state index contributed by atoms with van der Waals surface area (Å²) in [6, 6.07) is 34.1. The number of nitrogens with zero attached hydrogens (tertiary/aromatic N) is 2. The molecule has 5 aromatic carbocycles. The van der Waals surface area contributed by atoms with Crippen LogP contribution in [0.15, 0.2) is 133 Å². The minimum Gasteiger partial charge on any atom is -0.491 e. The first kappa shape index (κ1) is 45.8. The Kier molecular flexibility index (Phi) is 13.2. The molecule has 1 spiro atoms. The number of amides is 4. The Morgan fingerprint density at radius 3 is 2.01 bits per heavy atom. The zero-order chi connectivity index (χ0) is 47.4. The van der Waals surface area contributed by atoms with Gasteiger partial charge in [-0.1, -0.05) is 115 Å². The summed E-state index contributed by atoms with van der Waals surface area (Å²) in [6.45, 7) is 1.54. The average molecular weight is 905 g/mol. The number of primary amides is 1. The molecule has 3 aliphatic heterocycles. The minimum atomic E-state index is -2.12. The summed E-state index contributed by atoms with van der Waals surface area (Å²) in [7, 11) is 2.28. The lowest BCUT2D eigenvalue weighted by molar-refractivity contribution is -0.178. The van der Waals surface area contributed by atoms with Crippen molar-refractivity contribution in [3.05, 3.63) is 167 Å². The van der Waals surface area contributed by atoms with Crippen molar-refractivity contribution in [3.8, 4) is 17.6 Å². The van der Waals surface area contributed by atoms with Gasteiger partial charge in [0.1, 0.15) is 29.9 Å². The summed E-state index contributed by atoms with van der Waals surface area (Å²) in [5.74, 6) is -1.09. The van der Waals surface area contributed by atoms with Crippen molar-refractivity contribution in [2.75, 3.05) is 32.3 Å². The van der Waals surface area contributed by atoms with E-state index in [0.29, 0.717) is 22.4 Å². The van der Waals surface area contributed by atoms with Gasteiger partial charge in [0.2, 0.25) is 11.8 Å². The van der Waals surface area contributed by atoms with Crippen LogP contribution in [-0.4, -0.2) is 79.2 Å². The number of ether oxygens (including phenoxy) is 4. The number of aliphatic hydroxyl groups excluding tert-OH is 1. The number of cyclic esters (lactones) is 1. The van der Waals surface area contributed by atoms with Gasteiger partial charge in [0.05, 0.1) is 50.6 Å². The fourth-order valence-electron chi connectivity index (χ4n) is 9.80.